The Morgan fingerprint density at radius 2 is 1.77 bits per heavy atom. The van der Waals surface area contributed by atoms with E-state index < -0.39 is 0 Å². The summed E-state index contributed by atoms with van der Waals surface area (Å²) in [4.78, 5) is 17.6. The number of nitrogens with zero attached hydrogens (tertiary/aromatic N) is 2. The lowest BCUT2D eigenvalue weighted by atomic mass is 9.83. The fraction of sp³-hybridized carbons (Fsp3) is 0.520. The topological polar surface area (TPSA) is 57.3 Å². The fourth-order valence-corrected chi connectivity index (χ4v) is 4.20. The summed E-state index contributed by atoms with van der Waals surface area (Å²) in [6, 6.07) is 13.9. The van der Waals surface area contributed by atoms with E-state index in [4.69, 9.17) is 0 Å². The molecule has 1 atom stereocenters. The molecule has 1 unspecified atom stereocenters. The molecule has 0 saturated heterocycles. The zero-order valence-electron chi connectivity index (χ0n) is 18.4. The molecule has 2 aromatic rings. The summed E-state index contributed by atoms with van der Waals surface area (Å²) in [7, 11) is 0. The Bertz CT molecular complexity index is 744. The van der Waals surface area contributed by atoms with Crippen molar-refractivity contribution in [1.82, 2.24) is 15.3 Å². The highest BCUT2D eigenvalue weighted by Gasteiger charge is 2.34. The minimum absolute atomic E-state index is 0.121. The average Bonchev–Trinajstić information content (AvgIpc) is 2.78. The van der Waals surface area contributed by atoms with Crippen molar-refractivity contribution in [3.63, 3.8) is 0 Å². The highest BCUT2D eigenvalue weighted by atomic mass is 16.2. The number of carbonyl (C=O) groups excluding carboxylic acids is 1. The van der Waals surface area contributed by atoms with Crippen LogP contribution in [0, 0.1) is 11.8 Å². The maximum Gasteiger partial charge on any atom is 0.239 e. The standard InChI is InChI=1S/C25H36N4O/c1-20(2)15-18-29(28-23-13-16-26-17-14-23)24(22-11-7-4-8-12-22)25(30)27-19-21-9-5-3-6-10-21/h3,5-6,9-10,13-14,16-17,20,22,24H,4,7-8,11-12,15,18-19H2,1-2H3,(H,26,28)(H,27,30). The summed E-state index contributed by atoms with van der Waals surface area (Å²) in [6.07, 6.45) is 10.5. The van der Waals surface area contributed by atoms with Crippen LogP contribution in [0.1, 0.15) is 57.9 Å². The van der Waals surface area contributed by atoms with E-state index in [-0.39, 0.29) is 11.9 Å². The molecule has 0 spiro atoms. The Morgan fingerprint density at radius 3 is 2.43 bits per heavy atom. The van der Waals surface area contributed by atoms with Gasteiger partial charge in [-0.2, -0.15) is 0 Å². The predicted molar refractivity (Wildman–Crippen MR) is 123 cm³/mol. The number of aromatic nitrogens is 1. The maximum atomic E-state index is 13.5. The molecule has 1 aliphatic carbocycles. The van der Waals surface area contributed by atoms with E-state index in [1.54, 1.807) is 12.4 Å². The number of hydrogen-bond acceptors (Lipinski definition) is 4. The van der Waals surface area contributed by atoms with Crippen LogP contribution in [0.3, 0.4) is 0 Å². The second kappa shape index (κ2) is 11.7. The Kier molecular flexibility index (Phi) is 8.69. The van der Waals surface area contributed by atoms with E-state index >= 15 is 0 Å². The van der Waals surface area contributed by atoms with Gasteiger partial charge in [-0.25, -0.2) is 5.01 Å². The first-order chi connectivity index (χ1) is 14.6. The number of carbonyl (C=O) groups is 1. The van der Waals surface area contributed by atoms with E-state index in [2.05, 4.69) is 46.7 Å². The molecule has 5 heteroatoms. The van der Waals surface area contributed by atoms with E-state index in [9.17, 15) is 4.79 Å². The minimum atomic E-state index is -0.180. The van der Waals surface area contributed by atoms with Crippen molar-refractivity contribution in [2.24, 2.45) is 11.8 Å². The molecule has 1 amide bonds. The number of pyridine rings is 1. The first kappa shape index (κ1) is 22.3. The van der Waals surface area contributed by atoms with Crippen molar-refractivity contribution >= 4 is 11.6 Å². The molecule has 3 rings (SSSR count). The largest absolute Gasteiger partial charge is 0.351 e. The normalized spacial score (nSPS) is 15.9. The van der Waals surface area contributed by atoms with Gasteiger partial charge < -0.3 is 10.7 Å². The monoisotopic (exact) mass is 408 g/mol. The molecule has 1 heterocycles. The lowest BCUT2D eigenvalue weighted by Crippen LogP contribution is -2.54. The van der Waals surface area contributed by atoms with Crippen LogP contribution in [-0.4, -0.2) is 28.5 Å². The molecule has 0 radical (unpaired) electrons. The predicted octanol–water partition coefficient (Wildman–Crippen LogP) is 5.02. The van der Waals surface area contributed by atoms with Crippen LogP contribution in [0.5, 0.6) is 0 Å². The third-order valence-electron chi connectivity index (χ3n) is 5.91. The number of hydrazine groups is 1. The molecule has 0 aliphatic heterocycles. The first-order valence-electron chi connectivity index (χ1n) is 11.4. The number of anilines is 1. The molecule has 0 bridgehead atoms. The summed E-state index contributed by atoms with van der Waals surface area (Å²) < 4.78 is 0. The summed E-state index contributed by atoms with van der Waals surface area (Å²) in [5.74, 6) is 1.07. The number of nitrogens with one attached hydrogen (secondary N) is 2. The van der Waals surface area contributed by atoms with Crippen LogP contribution >= 0.6 is 0 Å². The first-order valence-corrected chi connectivity index (χ1v) is 11.4. The molecular weight excluding hydrogens is 372 g/mol. The third kappa shape index (κ3) is 6.84. The number of rotatable bonds is 10. The highest BCUT2D eigenvalue weighted by Crippen LogP contribution is 2.30. The molecular formula is C25H36N4O. The van der Waals surface area contributed by atoms with Gasteiger partial charge in [0, 0.05) is 25.5 Å². The van der Waals surface area contributed by atoms with Gasteiger partial charge in [-0.15, -0.1) is 0 Å². The number of benzene rings is 1. The SMILES string of the molecule is CC(C)CCN(Nc1ccncc1)C(C(=O)NCc1ccccc1)C1CCCCC1. The van der Waals surface area contributed by atoms with Gasteiger partial charge in [-0.3, -0.25) is 9.78 Å². The van der Waals surface area contributed by atoms with Gasteiger partial charge >= 0.3 is 0 Å². The molecule has 2 N–H and O–H groups in total. The van der Waals surface area contributed by atoms with Crippen molar-refractivity contribution in [1.29, 1.82) is 0 Å². The van der Waals surface area contributed by atoms with E-state index in [0.717, 1.165) is 37.1 Å². The molecule has 30 heavy (non-hydrogen) atoms. The summed E-state index contributed by atoms with van der Waals surface area (Å²) in [5, 5.41) is 5.40. The molecule has 1 fully saturated rings. The van der Waals surface area contributed by atoms with Crippen LogP contribution in [0.2, 0.25) is 0 Å². The number of amides is 1. The van der Waals surface area contributed by atoms with Gasteiger partial charge in [-0.1, -0.05) is 63.4 Å². The molecule has 1 aliphatic rings. The third-order valence-corrected chi connectivity index (χ3v) is 5.91. The Morgan fingerprint density at radius 1 is 1.07 bits per heavy atom. The van der Waals surface area contributed by atoms with Gasteiger partial charge in [0.05, 0.1) is 5.69 Å². The summed E-state index contributed by atoms with van der Waals surface area (Å²) in [6.45, 7) is 5.86. The molecule has 162 valence electrons. The van der Waals surface area contributed by atoms with Crippen LogP contribution < -0.4 is 10.7 Å². The van der Waals surface area contributed by atoms with Gasteiger partial charge in [-0.05, 0) is 48.8 Å². The zero-order valence-corrected chi connectivity index (χ0v) is 18.4. The molecule has 5 nitrogen and oxygen atoms in total. The van der Waals surface area contributed by atoms with E-state index in [1.807, 2.05) is 30.3 Å². The molecule has 1 aromatic carbocycles. The van der Waals surface area contributed by atoms with Crippen LogP contribution in [0.15, 0.2) is 54.9 Å². The van der Waals surface area contributed by atoms with E-state index in [1.165, 1.54) is 19.3 Å². The number of hydrogen-bond donors (Lipinski definition) is 2. The van der Waals surface area contributed by atoms with Gasteiger partial charge in [0.25, 0.3) is 0 Å². The average molecular weight is 409 g/mol. The Balaban J connectivity index is 1.78. The second-order valence-corrected chi connectivity index (χ2v) is 8.77. The summed E-state index contributed by atoms with van der Waals surface area (Å²) in [5.41, 5.74) is 5.65. The van der Waals surface area contributed by atoms with Gasteiger partial charge in [0.1, 0.15) is 6.04 Å². The Labute approximate surface area is 181 Å². The van der Waals surface area contributed by atoms with Crippen LogP contribution in [0.4, 0.5) is 5.69 Å². The second-order valence-electron chi connectivity index (χ2n) is 8.77. The fourth-order valence-electron chi connectivity index (χ4n) is 4.20. The van der Waals surface area contributed by atoms with Gasteiger partial charge in [0.2, 0.25) is 5.91 Å². The van der Waals surface area contributed by atoms with Crippen LogP contribution in [-0.2, 0) is 11.3 Å². The van der Waals surface area contributed by atoms with Crippen molar-refractivity contribution in [3.8, 4) is 0 Å². The van der Waals surface area contributed by atoms with Crippen molar-refractivity contribution in [2.75, 3.05) is 12.0 Å². The smallest absolute Gasteiger partial charge is 0.239 e. The lowest BCUT2D eigenvalue weighted by molar-refractivity contribution is -0.128. The Hall–Kier alpha value is -2.40. The lowest BCUT2D eigenvalue weighted by Gasteiger charge is -2.38. The quantitative estimate of drug-likeness (QED) is 0.542. The van der Waals surface area contributed by atoms with Gasteiger partial charge in [0.15, 0.2) is 0 Å². The van der Waals surface area contributed by atoms with Crippen molar-refractivity contribution in [2.45, 2.75) is 65.0 Å². The van der Waals surface area contributed by atoms with Crippen LogP contribution in [0.25, 0.3) is 0 Å². The minimum Gasteiger partial charge on any atom is -0.351 e. The molecule has 1 aromatic heterocycles. The molecule has 1 saturated carbocycles. The van der Waals surface area contributed by atoms with Crippen molar-refractivity contribution in [3.05, 3.63) is 60.4 Å². The van der Waals surface area contributed by atoms with E-state index in [0.29, 0.717) is 18.4 Å². The highest BCUT2D eigenvalue weighted by molar-refractivity contribution is 5.82. The zero-order chi connectivity index (χ0) is 21.2. The summed E-state index contributed by atoms with van der Waals surface area (Å²) >= 11 is 0. The maximum absolute atomic E-state index is 13.5. The van der Waals surface area contributed by atoms with Crippen molar-refractivity contribution < 1.29 is 4.79 Å².